The number of hydrogen-bond acceptors (Lipinski definition) is 3. The van der Waals surface area contributed by atoms with E-state index in [1.54, 1.807) is 0 Å². The van der Waals surface area contributed by atoms with Crippen LogP contribution in [0.2, 0.25) is 0 Å². The molecule has 1 rings (SSSR count). The smallest absolute Gasteiger partial charge is 0.0867 e. The van der Waals surface area contributed by atoms with Crippen molar-refractivity contribution in [2.75, 3.05) is 0 Å². The molecule has 0 aromatic heterocycles. The molecule has 0 heterocycles. The summed E-state index contributed by atoms with van der Waals surface area (Å²) < 4.78 is 0. The lowest BCUT2D eigenvalue weighted by molar-refractivity contribution is 0.0378. The molecule has 0 saturated heterocycles. The van der Waals surface area contributed by atoms with Gasteiger partial charge in [-0.3, -0.25) is 0 Å². The highest BCUT2D eigenvalue weighted by molar-refractivity contribution is 6.00. The number of benzene rings is 1. The Labute approximate surface area is 135 Å². The van der Waals surface area contributed by atoms with Gasteiger partial charge in [0.2, 0.25) is 0 Å². The Morgan fingerprint density at radius 2 is 1.64 bits per heavy atom. The molecule has 0 bridgehead atoms. The summed E-state index contributed by atoms with van der Waals surface area (Å²) in [6, 6.07) is 9.71. The van der Waals surface area contributed by atoms with Crippen LogP contribution in [0.15, 0.2) is 35.5 Å². The van der Waals surface area contributed by atoms with Crippen molar-refractivity contribution in [3.63, 3.8) is 0 Å². The Balaban J connectivity index is 2.29. The average molecular weight is 305 g/mol. The van der Waals surface area contributed by atoms with Gasteiger partial charge in [-0.05, 0) is 38.2 Å². The molecule has 1 atom stereocenters. The van der Waals surface area contributed by atoms with E-state index in [-0.39, 0.29) is 0 Å². The molecule has 3 heteroatoms. The molecule has 0 aliphatic carbocycles. The maximum Gasteiger partial charge on any atom is 0.0867 e. The molecular formula is C19H31NO2. The lowest BCUT2D eigenvalue weighted by Crippen LogP contribution is -2.24. The third-order valence-electron chi connectivity index (χ3n) is 4.18. The molecule has 124 valence electrons. The molecule has 0 aliphatic heterocycles. The van der Waals surface area contributed by atoms with Crippen molar-refractivity contribution >= 4 is 5.71 Å². The van der Waals surface area contributed by atoms with Gasteiger partial charge in [-0.25, -0.2) is 0 Å². The average Bonchev–Trinajstić information content (AvgIpc) is 2.52. The fourth-order valence-electron chi connectivity index (χ4n) is 2.75. The molecule has 0 radical (unpaired) electrons. The van der Waals surface area contributed by atoms with Crippen LogP contribution in [-0.2, 0) is 0 Å². The zero-order valence-corrected chi connectivity index (χ0v) is 14.1. The van der Waals surface area contributed by atoms with Crippen LogP contribution in [0, 0.1) is 0 Å². The maximum atomic E-state index is 10.4. The number of rotatable bonds is 11. The first-order chi connectivity index (χ1) is 10.6. The fraction of sp³-hybridized carbons (Fsp3) is 0.632. The van der Waals surface area contributed by atoms with Crippen molar-refractivity contribution < 1.29 is 10.3 Å². The second kappa shape index (κ2) is 10.4. The quantitative estimate of drug-likeness (QED) is 0.257. The van der Waals surface area contributed by atoms with Crippen molar-refractivity contribution in [3.8, 4) is 0 Å². The van der Waals surface area contributed by atoms with Crippen LogP contribution in [0.4, 0.5) is 0 Å². The van der Waals surface area contributed by atoms with Gasteiger partial charge in [0.15, 0.2) is 0 Å². The molecule has 1 aromatic rings. The Morgan fingerprint density at radius 1 is 1.00 bits per heavy atom. The topological polar surface area (TPSA) is 52.8 Å². The van der Waals surface area contributed by atoms with E-state index >= 15 is 0 Å². The second-order valence-corrected chi connectivity index (χ2v) is 6.43. The Hall–Kier alpha value is -1.35. The van der Waals surface area contributed by atoms with Gasteiger partial charge < -0.3 is 10.3 Å². The number of oxime groups is 1. The number of hydrogen-bond donors (Lipinski definition) is 2. The van der Waals surface area contributed by atoms with E-state index in [0.29, 0.717) is 12.1 Å². The lowest BCUT2D eigenvalue weighted by atomic mass is 9.91. The van der Waals surface area contributed by atoms with Gasteiger partial charge >= 0.3 is 0 Å². The van der Waals surface area contributed by atoms with Gasteiger partial charge in [0.1, 0.15) is 0 Å². The predicted octanol–water partition coefficient (Wildman–Crippen LogP) is 5.15. The molecule has 2 N–H and O–H groups in total. The largest absolute Gasteiger partial charge is 0.411 e. The van der Waals surface area contributed by atoms with Crippen LogP contribution < -0.4 is 0 Å². The zero-order valence-electron chi connectivity index (χ0n) is 14.1. The lowest BCUT2D eigenvalue weighted by Gasteiger charge is -2.23. The summed E-state index contributed by atoms with van der Waals surface area (Å²) in [5.74, 6) is 0. The molecular weight excluding hydrogens is 274 g/mol. The second-order valence-electron chi connectivity index (χ2n) is 6.43. The van der Waals surface area contributed by atoms with Gasteiger partial charge in [0, 0.05) is 0 Å². The molecule has 0 amide bonds. The van der Waals surface area contributed by atoms with Gasteiger partial charge in [0.25, 0.3) is 0 Å². The molecule has 0 saturated carbocycles. The zero-order chi connectivity index (χ0) is 16.3. The predicted molar refractivity (Wildman–Crippen MR) is 92.6 cm³/mol. The van der Waals surface area contributed by atoms with E-state index in [9.17, 15) is 5.11 Å². The normalized spacial score (nSPS) is 14.8. The summed E-state index contributed by atoms with van der Waals surface area (Å²) in [5, 5.41) is 23.0. The fourth-order valence-corrected chi connectivity index (χ4v) is 2.75. The molecule has 1 unspecified atom stereocenters. The van der Waals surface area contributed by atoms with E-state index in [4.69, 9.17) is 5.21 Å². The van der Waals surface area contributed by atoms with E-state index in [1.807, 2.05) is 37.3 Å². The number of nitrogens with zero attached hydrogens (tertiary/aromatic N) is 1. The minimum absolute atomic E-state index is 0.608. The number of unbranched alkanes of at least 4 members (excludes halogenated alkanes) is 4. The van der Waals surface area contributed by atoms with E-state index in [2.05, 4.69) is 12.1 Å². The van der Waals surface area contributed by atoms with Gasteiger partial charge in [-0.1, -0.05) is 74.5 Å². The van der Waals surface area contributed by atoms with Gasteiger partial charge in [0.05, 0.1) is 11.3 Å². The maximum absolute atomic E-state index is 10.4. The molecule has 3 nitrogen and oxygen atoms in total. The minimum Gasteiger partial charge on any atom is -0.411 e. The Morgan fingerprint density at radius 3 is 2.27 bits per heavy atom. The van der Waals surface area contributed by atoms with E-state index in [1.165, 1.54) is 25.7 Å². The highest BCUT2D eigenvalue weighted by Gasteiger charge is 2.19. The third kappa shape index (κ3) is 7.60. The van der Waals surface area contributed by atoms with Crippen LogP contribution in [0.5, 0.6) is 0 Å². The molecule has 0 spiro atoms. The van der Waals surface area contributed by atoms with Crippen LogP contribution in [0.3, 0.4) is 0 Å². The van der Waals surface area contributed by atoms with E-state index < -0.39 is 5.60 Å². The van der Waals surface area contributed by atoms with Crippen molar-refractivity contribution in [1.29, 1.82) is 0 Å². The summed E-state index contributed by atoms with van der Waals surface area (Å²) in [6.45, 7) is 4.13. The third-order valence-corrected chi connectivity index (χ3v) is 4.18. The van der Waals surface area contributed by atoms with Crippen LogP contribution >= 0.6 is 0 Å². The molecule has 0 fully saturated rings. The monoisotopic (exact) mass is 305 g/mol. The highest BCUT2D eigenvalue weighted by atomic mass is 16.4. The van der Waals surface area contributed by atoms with Crippen molar-refractivity contribution in [1.82, 2.24) is 0 Å². The van der Waals surface area contributed by atoms with Crippen molar-refractivity contribution in [2.45, 2.75) is 77.2 Å². The van der Waals surface area contributed by atoms with Gasteiger partial charge in [-0.15, -0.1) is 0 Å². The summed E-state index contributed by atoms with van der Waals surface area (Å²) in [4.78, 5) is 0. The first-order valence-corrected chi connectivity index (χ1v) is 8.58. The van der Waals surface area contributed by atoms with Crippen LogP contribution in [0.25, 0.3) is 0 Å². The molecule has 1 aromatic carbocycles. The number of aliphatic hydroxyl groups is 1. The molecule has 0 aliphatic rings. The summed E-state index contributed by atoms with van der Waals surface area (Å²) in [7, 11) is 0. The van der Waals surface area contributed by atoms with Crippen LogP contribution in [0.1, 0.15) is 77.2 Å². The Bertz CT molecular complexity index is 426. The Kier molecular flexibility index (Phi) is 8.83. The van der Waals surface area contributed by atoms with Crippen molar-refractivity contribution in [2.24, 2.45) is 5.16 Å². The first-order valence-electron chi connectivity index (χ1n) is 8.58. The molecule has 22 heavy (non-hydrogen) atoms. The van der Waals surface area contributed by atoms with E-state index in [0.717, 1.165) is 31.2 Å². The standard InChI is InChI=1S/C19H31NO2/c1-3-4-5-6-10-15-19(2,21)16-11-14-18(20-22)17-12-8-7-9-13-17/h7-9,12-13,21-22H,3-6,10-11,14-16H2,1-2H3. The SMILES string of the molecule is CCCCCCCC(C)(O)CCCC(=NO)c1ccccc1. The minimum atomic E-state index is -0.608. The highest BCUT2D eigenvalue weighted by Crippen LogP contribution is 2.22. The first kappa shape index (κ1) is 18.7. The summed E-state index contributed by atoms with van der Waals surface area (Å²) in [6.07, 6.45) is 9.21. The van der Waals surface area contributed by atoms with Crippen LogP contribution in [-0.4, -0.2) is 21.6 Å². The van der Waals surface area contributed by atoms with Crippen molar-refractivity contribution in [3.05, 3.63) is 35.9 Å². The summed E-state index contributed by atoms with van der Waals surface area (Å²) >= 11 is 0. The van der Waals surface area contributed by atoms with Gasteiger partial charge in [-0.2, -0.15) is 0 Å². The summed E-state index contributed by atoms with van der Waals surface area (Å²) in [5.41, 5.74) is 1.03.